The van der Waals surface area contributed by atoms with Gasteiger partial charge in [-0.3, -0.25) is 9.13 Å². The zero-order valence-electron chi connectivity index (χ0n) is 29.8. The van der Waals surface area contributed by atoms with E-state index in [4.69, 9.17) is 31.9 Å². The Morgan fingerprint density at radius 1 is 0.564 bits per heavy atom. The number of hydrogen-bond acceptors (Lipinski definition) is 11. The molecule has 9 aromatic rings. The number of nitrogen functional groups attached to an aromatic ring is 3. The van der Waals surface area contributed by atoms with Gasteiger partial charge in [-0.15, -0.1) is 0 Å². The fourth-order valence-electron chi connectivity index (χ4n) is 6.15. The van der Waals surface area contributed by atoms with Gasteiger partial charge >= 0.3 is 0 Å². The summed E-state index contributed by atoms with van der Waals surface area (Å²) in [6.45, 7) is 0.591. The van der Waals surface area contributed by atoms with Crippen molar-refractivity contribution >= 4 is 45.6 Å². The quantitative estimate of drug-likeness (QED) is 0.115. The summed E-state index contributed by atoms with van der Waals surface area (Å²) in [5, 5.41) is 3.30. The van der Waals surface area contributed by atoms with Gasteiger partial charge in [-0.1, -0.05) is 84.9 Å². The van der Waals surface area contributed by atoms with Crippen molar-refractivity contribution in [1.29, 1.82) is 0 Å². The standard InChI is InChI=1S/C25H22N6O.C17H14N6/c1-32-21-12-10-17(11-13-21)15-27-25-28-16-22-24(30-25)31(20-9-5-8-19(26)14-20)23(29-22)18-6-3-2-4-7-18;18-12-7-4-8-13(9-12)23-15(11-5-2-1-3-6-11)21-14-10-20-17(19)22-16(14)23/h2-14,16H,15,26H2,1H3,(H,27,28,30);1-10H,18H2,(H2,19,20,22). The Morgan fingerprint density at radius 3 is 1.62 bits per heavy atom. The zero-order valence-corrected chi connectivity index (χ0v) is 29.8. The molecule has 0 bridgehead atoms. The molecule has 0 saturated carbocycles. The van der Waals surface area contributed by atoms with Crippen LogP contribution in [0.2, 0.25) is 0 Å². The highest BCUT2D eigenvalue weighted by molar-refractivity contribution is 5.82. The van der Waals surface area contributed by atoms with Crippen LogP contribution in [0.3, 0.4) is 0 Å². The number of imidazole rings is 2. The van der Waals surface area contributed by atoms with Gasteiger partial charge in [0.1, 0.15) is 28.4 Å². The third-order valence-electron chi connectivity index (χ3n) is 8.75. The number of anilines is 4. The highest BCUT2D eigenvalue weighted by Crippen LogP contribution is 2.30. The van der Waals surface area contributed by atoms with E-state index in [0.29, 0.717) is 46.2 Å². The van der Waals surface area contributed by atoms with E-state index in [1.54, 1.807) is 19.5 Å². The molecule has 0 radical (unpaired) electrons. The first-order valence-electron chi connectivity index (χ1n) is 17.4. The number of nitrogens with zero attached hydrogens (tertiary/aromatic N) is 8. The lowest BCUT2D eigenvalue weighted by atomic mass is 10.2. The Labute approximate surface area is 316 Å². The SMILES string of the molecule is COc1ccc(CNc2ncc3nc(-c4ccccc4)n(-c4cccc(N)c4)c3n2)cc1.Nc1cccc(-n2c(-c3ccccc3)nc3cnc(N)nc32)c1. The number of rotatable bonds is 8. The lowest BCUT2D eigenvalue weighted by molar-refractivity contribution is 0.414. The third-order valence-corrected chi connectivity index (χ3v) is 8.75. The smallest absolute Gasteiger partial charge is 0.225 e. The van der Waals surface area contributed by atoms with Crippen LogP contribution in [0.15, 0.2) is 146 Å². The van der Waals surface area contributed by atoms with Crippen molar-refractivity contribution < 1.29 is 4.74 Å². The molecular formula is C42H36N12O. The minimum atomic E-state index is 0.210. The van der Waals surface area contributed by atoms with E-state index in [1.165, 1.54) is 0 Å². The lowest BCUT2D eigenvalue weighted by Crippen LogP contribution is -2.05. The number of nitrogens with two attached hydrogens (primary N) is 3. The lowest BCUT2D eigenvalue weighted by Gasteiger charge is -2.10. The van der Waals surface area contributed by atoms with Gasteiger partial charge in [-0.25, -0.2) is 19.9 Å². The van der Waals surface area contributed by atoms with Gasteiger partial charge in [0.05, 0.1) is 30.9 Å². The molecule has 0 saturated heterocycles. The molecule has 4 heterocycles. The second kappa shape index (κ2) is 15.0. The van der Waals surface area contributed by atoms with Gasteiger partial charge in [-0.05, 0) is 54.1 Å². The summed E-state index contributed by atoms with van der Waals surface area (Å²) >= 11 is 0. The van der Waals surface area contributed by atoms with Gasteiger partial charge in [0.2, 0.25) is 11.9 Å². The van der Waals surface area contributed by atoms with Crippen molar-refractivity contribution in [2.45, 2.75) is 6.54 Å². The molecule has 0 atom stereocenters. The van der Waals surface area contributed by atoms with Crippen molar-refractivity contribution in [2.75, 3.05) is 29.6 Å². The monoisotopic (exact) mass is 724 g/mol. The summed E-state index contributed by atoms with van der Waals surface area (Å²) in [6, 6.07) is 43.1. The fraction of sp³-hybridized carbons (Fsp3) is 0.0476. The van der Waals surface area contributed by atoms with Gasteiger partial charge in [0.15, 0.2) is 11.3 Å². The van der Waals surface area contributed by atoms with Crippen molar-refractivity contribution in [1.82, 2.24) is 39.0 Å². The highest BCUT2D eigenvalue weighted by Gasteiger charge is 2.18. The van der Waals surface area contributed by atoms with Crippen LogP contribution < -0.4 is 27.3 Å². The first kappa shape index (κ1) is 34.3. The van der Waals surface area contributed by atoms with Crippen LogP contribution >= 0.6 is 0 Å². The number of hydrogen-bond donors (Lipinski definition) is 4. The largest absolute Gasteiger partial charge is 0.497 e. The van der Waals surface area contributed by atoms with Gasteiger partial charge in [-0.2, -0.15) is 9.97 Å². The van der Waals surface area contributed by atoms with E-state index in [-0.39, 0.29) is 5.95 Å². The number of fused-ring (bicyclic) bond motifs is 2. The molecule has 9 rings (SSSR count). The maximum atomic E-state index is 6.07. The first-order chi connectivity index (χ1) is 26.9. The Hall–Kier alpha value is -7.80. The number of aromatic nitrogens is 8. The van der Waals surface area contributed by atoms with E-state index in [2.05, 4.69) is 25.3 Å². The topological polar surface area (TPSA) is 187 Å². The Balaban J connectivity index is 0.000000164. The van der Waals surface area contributed by atoms with E-state index >= 15 is 0 Å². The third kappa shape index (κ3) is 7.30. The molecule has 0 spiro atoms. The average molecular weight is 725 g/mol. The predicted molar refractivity (Wildman–Crippen MR) is 218 cm³/mol. The maximum Gasteiger partial charge on any atom is 0.225 e. The predicted octanol–water partition coefficient (Wildman–Crippen LogP) is 7.33. The number of methoxy groups -OCH3 is 1. The van der Waals surface area contributed by atoms with Crippen LogP contribution in [0.4, 0.5) is 23.3 Å². The summed E-state index contributed by atoms with van der Waals surface area (Å²) in [5.41, 5.74) is 26.7. The Kier molecular flexibility index (Phi) is 9.38. The summed E-state index contributed by atoms with van der Waals surface area (Å²) in [7, 11) is 1.66. The number of ether oxygens (including phenoxy) is 1. The van der Waals surface area contributed by atoms with Crippen LogP contribution in [-0.2, 0) is 6.54 Å². The summed E-state index contributed by atoms with van der Waals surface area (Å²) in [4.78, 5) is 27.1. The molecule has 13 heteroatoms. The second-order valence-corrected chi connectivity index (χ2v) is 12.5. The summed E-state index contributed by atoms with van der Waals surface area (Å²) in [5.74, 6) is 3.12. The van der Waals surface area contributed by atoms with Gasteiger partial charge in [0, 0.05) is 29.0 Å². The molecule has 13 nitrogen and oxygen atoms in total. The zero-order chi connectivity index (χ0) is 37.7. The minimum absolute atomic E-state index is 0.210. The molecule has 0 aliphatic heterocycles. The molecule has 55 heavy (non-hydrogen) atoms. The molecule has 270 valence electrons. The second-order valence-electron chi connectivity index (χ2n) is 12.5. The molecule has 0 unspecified atom stereocenters. The van der Waals surface area contributed by atoms with E-state index in [9.17, 15) is 0 Å². The molecule has 5 aromatic carbocycles. The number of nitrogens with one attached hydrogen (secondary N) is 1. The van der Waals surface area contributed by atoms with Crippen LogP contribution in [-0.4, -0.2) is 46.1 Å². The van der Waals surface area contributed by atoms with Gasteiger partial charge in [0.25, 0.3) is 0 Å². The van der Waals surface area contributed by atoms with Crippen LogP contribution in [0.1, 0.15) is 5.56 Å². The van der Waals surface area contributed by atoms with E-state index < -0.39 is 0 Å². The number of benzene rings is 5. The molecule has 0 amide bonds. The van der Waals surface area contributed by atoms with E-state index in [0.717, 1.165) is 45.5 Å². The van der Waals surface area contributed by atoms with Crippen LogP contribution in [0.25, 0.3) is 56.5 Å². The molecular weight excluding hydrogens is 689 g/mol. The average Bonchev–Trinajstić information content (AvgIpc) is 3.80. The van der Waals surface area contributed by atoms with Crippen molar-refractivity contribution in [3.63, 3.8) is 0 Å². The molecule has 4 aromatic heterocycles. The van der Waals surface area contributed by atoms with Crippen LogP contribution in [0.5, 0.6) is 5.75 Å². The van der Waals surface area contributed by atoms with Crippen molar-refractivity contribution in [3.05, 3.63) is 151 Å². The molecule has 0 fully saturated rings. The van der Waals surface area contributed by atoms with Crippen molar-refractivity contribution in [3.8, 4) is 39.9 Å². The fourth-order valence-corrected chi connectivity index (χ4v) is 6.15. The summed E-state index contributed by atoms with van der Waals surface area (Å²) < 4.78 is 9.18. The Morgan fingerprint density at radius 2 is 1.09 bits per heavy atom. The summed E-state index contributed by atoms with van der Waals surface area (Å²) in [6.07, 6.45) is 3.38. The van der Waals surface area contributed by atoms with E-state index in [1.807, 2.05) is 143 Å². The Bertz CT molecular complexity index is 2730. The first-order valence-corrected chi connectivity index (χ1v) is 17.4. The van der Waals surface area contributed by atoms with Crippen LogP contribution in [0, 0.1) is 0 Å². The van der Waals surface area contributed by atoms with Crippen molar-refractivity contribution in [2.24, 2.45) is 0 Å². The molecule has 0 aliphatic carbocycles. The maximum absolute atomic E-state index is 6.07. The molecule has 0 aliphatic rings. The van der Waals surface area contributed by atoms with Gasteiger partial charge < -0.3 is 27.3 Å². The minimum Gasteiger partial charge on any atom is -0.497 e. The highest BCUT2D eigenvalue weighted by atomic mass is 16.5. The molecule has 7 N–H and O–H groups in total. The normalized spacial score (nSPS) is 10.9.